The number of imidazole rings is 1. The van der Waals surface area contributed by atoms with Crippen molar-refractivity contribution >= 4 is 11.8 Å². The van der Waals surface area contributed by atoms with Gasteiger partial charge in [-0.3, -0.25) is 0 Å². The molecule has 0 unspecified atom stereocenters. The molecule has 1 aromatic heterocycles. The predicted octanol–water partition coefficient (Wildman–Crippen LogP) is 1.24. The molecule has 0 saturated carbocycles. The summed E-state index contributed by atoms with van der Waals surface area (Å²) in [6.45, 7) is 3.25. The van der Waals surface area contributed by atoms with Gasteiger partial charge in [0.25, 0.3) is 0 Å². The molecule has 0 atom stereocenters. The van der Waals surface area contributed by atoms with Crippen LogP contribution >= 0.6 is 11.8 Å². The first-order valence-corrected chi connectivity index (χ1v) is 8.72. The van der Waals surface area contributed by atoms with E-state index in [1.807, 2.05) is 11.8 Å². The summed E-state index contributed by atoms with van der Waals surface area (Å²) in [5, 5.41) is 1.34. The molecule has 1 aliphatic rings. The maximum atomic E-state index is 2.40. The van der Waals surface area contributed by atoms with E-state index in [2.05, 4.69) is 76.9 Å². The summed E-state index contributed by atoms with van der Waals surface area (Å²) in [5.74, 6) is 1.20. The molecule has 0 amide bonds. The van der Waals surface area contributed by atoms with Gasteiger partial charge in [0.2, 0.25) is 0 Å². The minimum absolute atomic E-state index is 0. The summed E-state index contributed by atoms with van der Waals surface area (Å²) in [4.78, 5) is 0. The standard InChI is InChI=1S/C19H19N2S.BrH/c1-15-8-10-17(11-9-15)21-18(16-6-3-2-4-7-16)14-20-12-5-13-22-19(20)21;/h2-4,6-11,14H,5,12-13H2,1H3;1H/q+1;/p-1. The van der Waals surface area contributed by atoms with Gasteiger partial charge in [-0.2, -0.15) is 4.57 Å². The van der Waals surface area contributed by atoms with Gasteiger partial charge in [0, 0.05) is 11.3 Å². The Bertz CT molecular complexity index is 794. The lowest BCUT2D eigenvalue weighted by molar-refractivity contribution is -0.734. The molecule has 0 spiro atoms. The molecule has 2 aromatic carbocycles. The highest BCUT2D eigenvalue weighted by Crippen LogP contribution is 2.30. The van der Waals surface area contributed by atoms with Gasteiger partial charge in [-0.15, -0.1) is 0 Å². The van der Waals surface area contributed by atoms with Crippen LogP contribution < -0.4 is 21.5 Å². The molecule has 0 aliphatic carbocycles. The van der Waals surface area contributed by atoms with Crippen LogP contribution in [0, 0.1) is 6.92 Å². The van der Waals surface area contributed by atoms with Crippen molar-refractivity contribution in [1.29, 1.82) is 0 Å². The van der Waals surface area contributed by atoms with Crippen LogP contribution in [0.1, 0.15) is 12.0 Å². The fraction of sp³-hybridized carbons (Fsp3) is 0.211. The Morgan fingerprint density at radius 1 is 1.00 bits per heavy atom. The van der Waals surface area contributed by atoms with Crippen molar-refractivity contribution in [2.75, 3.05) is 5.75 Å². The summed E-state index contributed by atoms with van der Waals surface area (Å²) < 4.78 is 4.80. The van der Waals surface area contributed by atoms with Crippen molar-refractivity contribution in [2.24, 2.45) is 0 Å². The molecule has 23 heavy (non-hydrogen) atoms. The van der Waals surface area contributed by atoms with Crippen molar-refractivity contribution in [1.82, 2.24) is 4.57 Å². The van der Waals surface area contributed by atoms with E-state index in [4.69, 9.17) is 0 Å². The Morgan fingerprint density at radius 3 is 2.48 bits per heavy atom. The minimum Gasteiger partial charge on any atom is -1.00 e. The zero-order chi connectivity index (χ0) is 14.9. The van der Waals surface area contributed by atoms with E-state index in [9.17, 15) is 0 Å². The first kappa shape index (κ1) is 16.3. The largest absolute Gasteiger partial charge is 1.00 e. The van der Waals surface area contributed by atoms with Gasteiger partial charge in [-0.1, -0.05) is 48.0 Å². The number of thioether (sulfide) groups is 1. The monoisotopic (exact) mass is 386 g/mol. The van der Waals surface area contributed by atoms with Gasteiger partial charge in [-0.05, 0) is 37.2 Å². The topological polar surface area (TPSA) is 8.81 Å². The Kier molecular flexibility index (Phi) is 4.93. The van der Waals surface area contributed by atoms with E-state index in [0.717, 1.165) is 6.54 Å². The molecule has 3 aromatic rings. The van der Waals surface area contributed by atoms with Gasteiger partial charge in [0.1, 0.15) is 11.9 Å². The predicted molar refractivity (Wildman–Crippen MR) is 91.5 cm³/mol. The van der Waals surface area contributed by atoms with E-state index >= 15 is 0 Å². The molecule has 0 bridgehead atoms. The van der Waals surface area contributed by atoms with Gasteiger partial charge in [0.15, 0.2) is 5.69 Å². The van der Waals surface area contributed by atoms with Crippen LogP contribution in [0.5, 0.6) is 0 Å². The van der Waals surface area contributed by atoms with Crippen LogP contribution in [0.4, 0.5) is 0 Å². The lowest BCUT2D eigenvalue weighted by Crippen LogP contribution is -3.00. The van der Waals surface area contributed by atoms with E-state index in [0.29, 0.717) is 0 Å². The molecule has 2 heterocycles. The summed E-state index contributed by atoms with van der Waals surface area (Å²) in [7, 11) is 0. The van der Waals surface area contributed by atoms with Crippen LogP contribution in [0.3, 0.4) is 0 Å². The highest BCUT2D eigenvalue weighted by Gasteiger charge is 2.28. The zero-order valence-electron chi connectivity index (χ0n) is 13.1. The van der Waals surface area contributed by atoms with E-state index in [1.165, 1.54) is 39.8 Å². The Labute approximate surface area is 151 Å². The number of aryl methyl sites for hydroxylation is 2. The first-order chi connectivity index (χ1) is 10.8. The Morgan fingerprint density at radius 2 is 1.74 bits per heavy atom. The van der Waals surface area contributed by atoms with Crippen molar-refractivity contribution in [3.63, 3.8) is 0 Å². The van der Waals surface area contributed by atoms with E-state index < -0.39 is 0 Å². The normalized spacial score (nSPS) is 13.3. The Balaban J connectivity index is 0.00000156. The SMILES string of the molecule is Cc1ccc(-n2c(-c3ccccc3)c[n+]3c2SCCC3)cc1.[Br-]. The highest BCUT2D eigenvalue weighted by atomic mass is 79.9. The molecular weight excluding hydrogens is 368 g/mol. The Hall–Kier alpha value is -1.52. The average Bonchev–Trinajstić information content (AvgIpc) is 2.96. The van der Waals surface area contributed by atoms with Crippen LogP contribution in [0.25, 0.3) is 16.9 Å². The molecule has 0 saturated heterocycles. The lowest BCUT2D eigenvalue weighted by atomic mass is 10.1. The second-order valence-corrected chi connectivity index (χ2v) is 6.79. The van der Waals surface area contributed by atoms with Crippen LogP contribution in [0.15, 0.2) is 66.0 Å². The number of benzene rings is 2. The fourth-order valence-corrected chi connectivity index (χ4v) is 4.05. The molecule has 2 nitrogen and oxygen atoms in total. The number of fused-ring (bicyclic) bond motifs is 1. The number of hydrogen-bond acceptors (Lipinski definition) is 1. The molecule has 0 radical (unpaired) electrons. The summed E-state index contributed by atoms with van der Waals surface area (Å²) in [5.41, 5.74) is 5.08. The van der Waals surface area contributed by atoms with Crippen LogP contribution in [-0.2, 0) is 6.54 Å². The third kappa shape index (κ3) is 3.10. The van der Waals surface area contributed by atoms with E-state index in [-0.39, 0.29) is 17.0 Å². The number of hydrogen-bond donors (Lipinski definition) is 0. The van der Waals surface area contributed by atoms with Crippen LogP contribution in [-0.4, -0.2) is 10.3 Å². The first-order valence-electron chi connectivity index (χ1n) is 7.73. The summed E-state index contributed by atoms with van der Waals surface area (Å²) >= 11 is 1.96. The fourth-order valence-electron chi connectivity index (χ4n) is 2.95. The molecule has 4 heteroatoms. The highest BCUT2D eigenvalue weighted by molar-refractivity contribution is 7.99. The molecule has 4 rings (SSSR count). The van der Waals surface area contributed by atoms with Crippen LogP contribution in [0.2, 0.25) is 0 Å². The van der Waals surface area contributed by atoms with Crippen molar-refractivity contribution in [2.45, 2.75) is 25.0 Å². The van der Waals surface area contributed by atoms with E-state index in [1.54, 1.807) is 0 Å². The molecule has 118 valence electrons. The smallest absolute Gasteiger partial charge is 0.323 e. The molecule has 0 fully saturated rings. The summed E-state index contributed by atoms with van der Waals surface area (Å²) in [6, 6.07) is 19.5. The van der Waals surface area contributed by atoms with Crippen molar-refractivity contribution < 1.29 is 21.5 Å². The second kappa shape index (κ2) is 6.93. The number of nitrogens with zero attached hydrogens (tertiary/aromatic N) is 2. The minimum atomic E-state index is 0. The average molecular weight is 387 g/mol. The number of halogens is 1. The van der Waals surface area contributed by atoms with Gasteiger partial charge in [0.05, 0.1) is 6.54 Å². The maximum Gasteiger partial charge on any atom is 0.323 e. The quantitative estimate of drug-likeness (QED) is 0.601. The lowest BCUT2D eigenvalue weighted by Gasteiger charge is -2.09. The van der Waals surface area contributed by atoms with Gasteiger partial charge < -0.3 is 17.0 Å². The van der Waals surface area contributed by atoms with Crippen molar-refractivity contribution in [3.05, 3.63) is 66.4 Å². The zero-order valence-corrected chi connectivity index (χ0v) is 15.5. The number of aromatic nitrogens is 2. The van der Waals surface area contributed by atoms with Gasteiger partial charge in [-0.25, -0.2) is 4.57 Å². The maximum absolute atomic E-state index is 2.40. The molecular formula is C19H19BrN2S. The third-order valence-corrected chi connectivity index (χ3v) is 5.26. The molecule has 1 aliphatic heterocycles. The van der Waals surface area contributed by atoms with Crippen molar-refractivity contribution in [3.8, 4) is 16.9 Å². The molecule has 0 N–H and O–H groups in total. The second-order valence-electron chi connectivity index (χ2n) is 5.73. The van der Waals surface area contributed by atoms with Gasteiger partial charge >= 0.3 is 5.16 Å². The summed E-state index contributed by atoms with van der Waals surface area (Å²) in [6.07, 6.45) is 3.55. The number of rotatable bonds is 2. The third-order valence-electron chi connectivity index (χ3n) is 4.09.